The molecule has 1 aromatic carbocycles. The van der Waals surface area contributed by atoms with Crippen molar-refractivity contribution in [2.24, 2.45) is 11.7 Å². The summed E-state index contributed by atoms with van der Waals surface area (Å²) in [5, 5.41) is 0.775. The van der Waals surface area contributed by atoms with Crippen LogP contribution in [-0.4, -0.2) is 24.5 Å². The fourth-order valence-corrected chi connectivity index (χ4v) is 3.27. The second kappa shape index (κ2) is 6.38. The first-order chi connectivity index (χ1) is 8.61. The van der Waals surface area contributed by atoms with Gasteiger partial charge in [-0.3, -0.25) is 4.90 Å². The van der Waals surface area contributed by atoms with Gasteiger partial charge < -0.3 is 5.73 Å². The van der Waals surface area contributed by atoms with Crippen LogP contribution in [0.1, 0.15) is 31.4 Å². The molecule has 0 radical (unpaired) electrons. The number of piperidine rings is 1. The van der Waals surface area contributed by atoms with E-state index in [9.17, 15) is 0 Å². The van der Waals surface area contributed by atoms with Gasteiger partial charge in [0.05, 0.1) is 0 Å². The maximum Gasteiger partial charge on any atom is 0.0482 e. The number of nitrogens with zero attached hydrogens (tertiary/aromatic N) is 1. The molecular weight excluding hydrogens is 312 g/mol. The van der Waals surface area contributed by atoms with E-state index in [0.717, 1.165) is 28.5 Å². The molecule has 0 spiro atoms. The predicted octanol–water partition coefficient (Wildman–Crippen LogP) is 3.83. The number of halogens is 2. The standard InChI is InChI=1S/C14H20BrClN2/c1-10-4-6-18(7-5-10)14(9-17)12-8-11(16)2-3-13(12)15/h2-3,8,10,14H,4-7,9,17H2,1H3. The third-order valence-electron chi connectivity index (χ3n) is 3.80. The fourth-order valence-electron chi connectivity index (χ4n) is 2.58. The minimum atomic E-state index is 0.269. The molecule has 1 atom stereocenters. The molecule has 2 nitrogen and oxygen atoms in total. The molecule has 4 heteroatoms. The lowest BCUT2D eigenvalue weighted by Gasteiger charge is -2.36. The molecule has 0 bridgehead atoms. The summed E-state index contributed by atoms with van der Waals surface area (Å²) in [5.74, 6) is 0.836. The second-order valence-electron chi connectivity index (χ2n) is 5.14. The first-order valence-corrected chi connectivity index (χ1v) is 7.68. The molecular formula is C14H20BrClN2. The molecule has 0 aliphatic carbocycles. The highest BCUT2D eigenvalue weighted by molar-refractivity contribution is 9.10. The topological polar surface area (TPSA) is 29.3 Å². The van der Waals surface area contributed by atoms with Crippen molar-refractivity contribution in [1.29, 1.82) is 0 Å². The largest absolute Gasteiger partial charge is 0.329 e. The van der Waals surface area contributed by atoms with Crippen molar-refractivity contribution in [1.82, 2.24) is 4.90 Å². The van der Waals surface area contributed by atoms with Crippen molar-refractivity contribution in [2.45, 2.75) is 25.8 Å². The molecule has 1 aliphatic heterocycles. The van der Waals surface area contributed by atoms with Crippen molar-refractivity contribution in [3.8, 4) is 0 Å². The molecule has 0 amide bonds. The molecule has 100 valence electrons. The maximum atomic E-state index is 6.10. The highest BCUT2D eigenvalue weighted by Gasteiger charge is 2.25. The third-order valence-corrected chi connectivity index (χ3v) is 4.76. The van der Waals surface area contributed by atoms with Gasteiger partial charge >= 0.3 is 0 Å². The van der Waals surface area contributed by atoms with Crippen molar-refractivity contribution < 1.29 is 0 Å². The van der Waals surface area contributed by atoms with Gasteiger partial charge in [0.2, 0.25) is 0 Å². The van der Waals surface area contributed by atoms with Gasteiger partial charge in [-0.15, -0.1) is 0 Å². The van der Waals surface area contributed by atoms with Crippen molar-refractivity contribution >= 4 is 27.5 Å². The van der Waals surface area contributed by atoms with E-state index < -0.39 is 0 Å². The Hall–Kier alpha value is -0.0900. The monoisotopic (exact) mass is 330 g/mol. The summed E-state index contributed by atoms with van der Waals surface area (Å²) >= 11 is 9.71. The SMILES string of the molecule is CC1CCN(C(CN)c2cc(Cl)ccc2Br)CC1. The van der Waals surface area contributed by atoms with Gasteiger partial charge in [-0.05, 0) is 55.6 Å². The Balaban J connectivity index is 2.19. The van der Waals surface area contributed by atoms with Gasteiger partial charge in [-0.25, -0.2) is 0 Å². The average molecular weight is 332 g/mol. The van der Waals surface area contributed by atoms with Crippen LogP contribution in [0.4, 0.5) is 0 Å². The van der Waals surface area contributed by atoms with E-state index in [0.29, 0.717) is 6.54 Å². The summed E-state index contributed by atoms with van der Waals surface area (Å²) in [6.07, 6.45) is 2.52. The van der Waals surface area contributed by atoms with Crippen molar-refractivity contribution in [2.75, 3.05) is 19.6 Å². The Bertz CT molecular complexity index is 403. The zero-order valence-corrected chi connectivity index (χ0v) is 13.0. The van der Waals surface area contributed by atoms with E-state index in [1.165, 1.54) is 18.4 Å². The quantitative estimate of drug-likeness (QED) is 0.912. The molecule has 2 N–H and O–H groups in total. The van der Waals surface area contributed by atoms with E-state index in [4.69, 9.17) is 17.3 Å². The van der Waals surface area contributed by atoms with E-state index in [1.54, 1.807) is 0 Å². The first-order valence-electron chi connectivity index (χ1n) is 6.51. The van der Waals surface area contributed by atoms with Crippen molar-refractivity contribution in [3.05, 3.63) is 33.3 Å². The molecule has 1 aromatic rings. The van der Waals surface area contributed by atoms with Crippen LogP contribution in [0.3, 0.4) is 0 Å². The van der Waals surface area contributed by atoms with Gasteiger partial charge in [0.25, 0.3) is 0 Å². The summed E-state index contributed by atoms with van der Waals surface area (Å²) in [5.41, 5.74) is 7.19. The van der Waals surface area contributed by atoms with Crippen LogP contribution in [0.2, 0.25) is 5.02 Å². The summed E-state index contributed by atoms with van der Waals surface area (Å²) < 4.78 is 1.10. The van der Waals surface area contributed by atoms with Crippen molar-refractivity contribution in [3.63, 3.8) is 0 Å². The van der Waals surface area contributed by atoms with Crippen LogP contribution in [0.15, 0.2) is 22.7 Å². The zero-order chi connectivity index (χ0) is 13.1. The molecule has 1 saturated heterocycles. The normalized spacial score (nSPS) is 20.0. The van der Waals surface area contributed by atoms with Crippen LogP contribution < -0.4 is 5.73 Å². The molecule has 1 heterocycles. The second-order valence-corrected chi connectivity index (χ2v) is 6.43. The predicted molar refractivity (Wildman–Crippen MR) is 80.9 cm³/mol. The van der Waals surface area contributed by atoms with E-state index in [-0.39, 0.29) is 6.04 Å². The van der Waals surface area contributed by atoms with Crippen LogP contribution in [0.25, 0.3) is 0 Å². The smallest absolute Gasteiger partial charge is 0.0482 e. The molecule has 0 aromatic heterocycles. The minimum absolute atomic E-state index is 0.269. The van der Waals surface area contributed by atoms with E-state index in [1.807, 2.05) is 18.2 Å². The lowest BCUT2D eigenvalue weighted by Crippen LogP contribution is -2.39. The zero-order valence-electron chi connectivity index (χ0n) is 10.7. The lowest BCUT2D eigenvalue weighted by atomic mass is 9.96. The fraction of sp³-hybridized carbons (Fsp3) is 0.571. The first kappa shape index (κ1) is 14.3. The summed E-state index contributed by atoms with van der Waals surface area (Å²) in [7, 11) is 0. The molecule has 0 saturated carbocycles. The van der Waals surface area contributed by atoms with Crippen LogP contribution in [0, 0.1) is 5.92 Å². The molecule has 1 unspecified atom stereocenters. The highest BCUT2D eigenvalue weighted by Crippen LogP contribution is 2.32. The van der Waals surface area contributed by atoms with Gasteiger partial charge in [0.1, 0.15) is 0 Å². The Kier molecular flexibility index (Phi) is 5.07. The average Bonchev–Trinajstić information content (AvgIpc) is 2.37. The van der Waals surface area contributed by atoms with E-state index >= 15 is 0 Å². The third kappa shape index (κ3) is 3.27. The summed E-state index contributed by atoms with van der Waals surface area (Å²) in [6, 6.07) is 6.21. The van der Waals surface area contributed by atoms with E-state index in [2.05, 4.69) is 27.8 Å². The number of hydrogen-bond acceptors (Lipinski definition) is 2. The highest BCUT2D eigenvalue weighted by atomic mass is 79.9. The molecule has 2 rings (SSSR count). The van der Waals surface area contributed by atoms with Gasteiger partial charge in [-0.2, -0.15) is 0 Å². The van der Waals surface area contributed by atoms with Gasteiger partial charge in [-0.1, -0.05) is 34.5 Å². The Labute approximate surface area is 123 Å². The Morgan fingerprint density at radius 3 is 2.72 bits per heavy atom. The maximum absolute atomic E-state index is 6.10. The number of rotatable bonds is 3. The van der Waals surface area contributed by atoms with Crippen LogP contribution in [-0.2, 0) is 0 Å². The molecule has 18 heavy (non-hydrogen) atoms. The minimum Gasteiger partial charge on any atom is -0.329 e. The molecule has 1 aliphatic rings. The van der Waals surface area contributed by atoms with Crippen LogP contribution >= 0.6 is 27.5 Å². The lowest BCUT2D eigenvalue weighted by molar-refractivity contribution is 0.141. The number of hydrogen-bond donors (Lipinski definition) is 1. The van der Waals surface area contributed by atoms with Crippen LogP contribution in [0.5, 0.6) is 0 Å². The Morgan fingerprint density at radius 1 is 1.44 bits per heavy atom. The summed E-state index contributed by atoms with van der Waals surface area (Å²) in [6.45, 7) is 5.21. The number of likely N-dealkylation sites (tertiary alicyclic amines) is 1. The summed E-state index contributed by atoms with van der Waals surface area (Å²) in [4.78, 5) is 2.48. The Morgan fingerprint density at radius 2 is 2.11 bits per heavy atom. The van der Waals surface area contributed by atoms with Gasteiger partial charge in [0.15, 0.2) is 0 Å². The van der Waals surface area contributed by atoms with Gasteiger partial charge in [0, 0.05) is 22.1 Å². The number of benzene rings is 1. The number of nitrogens with two attached hydrogens (primary N) is 1. The molecule has 1 fully saturated rings.